The summed E-state index contributed by atoms with van der Waals surface area (Å²) in [7, 11) is 1.97. The Kier molecular flexibility index (Phi) is 4.24. The second-order valence-electron chi connectivity index (χ2n) is 6.86. The average molecular weight is 248 g/mol. The Balaban J connectivity index is 3.21. The molecule has 1 rings (SSSR count). The molecule has 1 aromatic rings. The topological polar surface area (TPSA) is 38.0 Å². The molecule has 0 heterocycles. The highest BCUT2D eigenvalue weighted by Gasteiger charge is 2.27. The van der Waals surface area contributed by atoms with E-state index in [1.165, 1.54) is 16.7 Å². The largest absolute Gasteiger partial charge is 0.324 e. The highest BCUT2D eigenvalue weighted by Crippen LogP contribution is 2.30. The average Bonchev–Trinajstić information content (AvgIpc) is 2.17. The van der Waals surface area contributed by atoms with Gasteiger partial charge in [-0.2, -0.15) is 0 Å². The Labute approximate surface area is 112 Å². The van der Waals surface area contributed by atoms with Crippen molar-refractivity contribution in [1.29, 1.82) is 0 Å². The Bertz CT molecular complexity index is 408. The molecule has 0 aromatic heterocycles. The minimum Gasteiger partial charge on any atom is -0.324 e. The van der Waals surface area contributed by atoms with Gasteiger partial charge in [-0.1, -0.05) is 39.0 Å². The third-order valence-corrected chi connectivity index (χ3v) is 3.48. The zero-order chi connectivity index (χ0) is 14.1. The van der Waals surface area contributed by atoms with Gasteiger partial charge < -0.3 is 11.1 Å². The molecule has 0 saturated carbocycles. The SMILES string of the molecule is CNC(c1ccc(C(C)(C)C)cc1C)C(C)(C)N. The van der Waals surface area contributed by atoms with Gasteiger partial charge in [-0.05, 0) is 49.9 Å². The quantitative estimate of drug-likeness (QED) is 0.861. The van der Waals surface area contributed by atoms with Crippen LogP contribution >= 0.6 is 0 Å². The summed E-state index contributed by atoms with van der Waals surface area (Å²) < 4.78 is 0. The van der Waals surface area contributed by atoms with Crippen molar-refractivity contribution in [1.82, 2.24) is 5.32 Å². The summed E-state index contributed by atoms with van der Waals surface area (Å²) in [5, 5.41) is 3.33. The third-order valence-electron chi connectivity index (χ3n) is 3.48. The van der Waals surface area contributed by atoms with Crippen LogP contribution in [0.25, 0.3) is 0 Å². The van der Waals surface area contributed by atoms with Crippen LogP contribution in [0.2, 0.25) is 0 Å². The lowest BCUT2D eigenvalue weighted by Gasteiger charge is -2.32. The van der Waals surface area contributed by atoms with Gasteiger partial charge in [0.1, 0.15) is 0 Å². The van der Waals surface area contributed by atoms with E-state index in [1.54, 1.807) is 0 Å². The molecule has 2 nitrogen and oxygen atoms in total. The van der Waals surface area contributed by atoms with Gasteiger partial charge in [0.05, 0.1) is 0 Å². The first-order chi connectivity index (χ1) is 8.07. The Morgan fingerprint density at radius 1 is 1.11 bits per heavy atom. The van der Waals surface area contributed by atoms with E-state index in [9.17, 15) is 0 Å². The minimum absolute atomic E-state index is 0.173. The van der Waals surface area contributed by atoms with E-state index < -0.39 is 0 Å². The summed E-state index contributed by atoms with van der Waals surface area (Å²) in [5.74, 6) is 0. The summed E-state index contributed by atoms with van der Waals surface area (Å²) in [6, 6.07) is 6.89. The molecule has 0 aliphatic rings. The molecule has 0 fully saturated rings. The van der Waals surface area contributed by atoms with Crippen LogP contribution in [0, 0.1) is 6.92 Å². The summed E-state index contributed by atoms with van der Waals surface area (Å²) in [6.45, 7) is 13.0. The van der Waals surface area contributed by atoms with Crippen LogP contribution in [-0.2, 0) is 5.41 Å². The van der Waals surface area contributed by atoms with E-state index in [2.05, 4.69) is 65.1 Å². The summed E-state index contributed by atoms with van der Waals surface area (Å²) >= 11 is 0. The highest BCUT2D eigenvalue weighted by atomic mass is 14.9. The Morgan fingerprint density at radius 2 is 1.67 bits per heavy atom. The van der Waals surface area contributed by atoms with Gasteiger partial charge in [0, 0.05) is 11.6 Å². The van der Waals surface area contributed by atoms with Crippen molar-refractivity contribution in [2.45, 2.75) is 58.5 Å². The summed E-state index contributed by atoms with van der Waals surface area (Å²) in [6.07, 6.45) is 0. The first-order valence-corrected chi connectivity index (χ1v) is 6.64. The van der Waals surface area contributed by atoms with Crippen LogP contribution in [0.4, 0.5) is 0 Å². The lowest BCUT2D eigenvalue weighted by molar-refractivity contribution is 0.368. The number of aryl methyl sites for hydroxylation is 1. The molecule has 0 radical (unpaired) electrons. The molecular weight excluding hydrogens is 220 g/mol. The van der Waals surface area contributed by atoms with Gasteiger partial charge in [-0.15, -0.1) is 0 Å². The maximum Gasteiger partial charge on any atom is 0.0497 e. The molecule has 0 amide bonds. The number of hydrogen-bond acceptors (Lipinski definition) is 2. The number of nitrogens with two attached hydrogens (primary N) is 1. The van der Waals surface area contributed by atoms with Crippen molar-refractivity contribution < 1.29 is 0 Å². The van der Waals surface area contributed by atoms with Gasteiger partial charge in [0.2, 0.25) is 0 Å². The second-order valence-corrected chi connectivity index (χ2v) is 6.86. The van der Waals surface area contributed by atoms with Crippen molar-refractivity contribution in [3.63, 3.8) is 0 Å². The smallest absolute Gasteiger partial charge is 0.0497 e. The van der Waals surface area contributed by atoms with Crippen LogP contribution in [-0.4, -0.2) is 12.6 Å². The van der Waals surface area contributed by atoms with Gasteiger partial charge in [-0.25, -0.2) is 0 Å². The van der Waals surface area contributed by atoms with Crippen molar-refractivity contribution in [2.24, 2.45) is 5.73 Å². The van der Waals surface area contributed by atoms with Crippen molar-refractivity contribution in [2.75, 3.05) is 7.05 Å². The Morgan fingerprint density at radius 3 is 2.00 bits per heavy atom. The molecule has 1 aromatic carbocycles. The first kappa shape index (κ1) is 15.2. The van der Waals surface area contributed by atoms with Crippen LogP contribution in [0.5, 0.6) is 0 Å². The molecule has 0 bridgehead atoms. The molecule has 2 heteroatoms. The zero-order valence-electron chi connectivity index (χ0n) is 12.9. The van der Waals surface area contributed by atoms with E-state index in [4.69, 9.17) is 5.73 Å². The predicted octanol–water partition coefficient (Wildman–Crippen LogP) is 3.29. The number of rotatable bonds is 3. The molecule has 0 spiro atoms. The van der Waals surface area contributed by atoms with E-state index in [0.29, 0.717) is 0 Å². The molecule has 1 unspecified atom stereocenters. The van der Waals surface area contributed by atoms with Crippen molar-refractivity contribution in [3.8, 4) is 0 Å². The van der Waals surface area contributed by atoms with E-state index in [1.807, 2.05) is 7.05 Å². The molecule has 0 aliphatic heterocycles. The second kappa shape index (κ2) is 5.02. The standard InChI is InChI=1S/C16H28N2/c1-11-10-12(15(2,3)4)8-9-13(11)14(18-7)16(5,6)17/h8-10,14,18H,17H2,1-7H3. The van der Waals surface area contributed by atoms with Crippen LogP contribution in [0.3, 0.4) is 0 Å². The van der Waals surface area contributed by atoms with Gasteiger partial charge >= 0.3 is 0 Å². The van der Waals surface area contributed by atoms with Crippen LogP contribution in [0.1, 0.15) is 57.4 Å². The first-order valence-electron chi connectivity index (χ1n) is 6.64. The van der Waals surface area contributed by atoms with E-state index >= 15 is 0 Å². The predicted molar refractivity (Wildman–Crippen MR) is 79.9 cm³/mol. The highest BCUT2D eigenvalue weighted by molar-refractivity contribution is 5.37. The van der Waals surface area contributed by atoms with E-state index in [0.717, 1.165) is 0 Å². The van der Waals surface area contributed by atoms with Gasteiger partial charge in [-0.3, -0.25) is 0 Å². The monoisotopic (exact) mass is 248 g/mol. The molecule has 102 valence electrons. The van der Waals surface area contributed by atoms with E-state index in [-0.39, 0.29) is 17.0 Å². The summed E-state index contributed by atoms with van der Waals surface area (Å²) in [5.41, 5.74) is 10.1. The molecule has 0 saturated heterocycles. The van der Waals surface area contributed by atoms with Crippen molar-refractivity contribution >= 4 is 0 Å². The number of benzene rings is 1. The molecule has 0 aliphatic carbocycles. The lowest BCUT2D eigenvalue weighted by atomic mass is 9.82. The van der Waals surface area contributed by atoms with Gasteiger partial charge in [0.15, 0.2) is 0 Å². The van der Waals surface area contributed by atoms with Crippen LogP contribution < -0.4 is 11.1 Å². The number of nitrogens with one attached hydrogen (secondary N) is 1. The lowest BCUT2D eigenvalue weighted by Crippen LogP contribution is -2.45. The maximum atomic E-state index is 6.25. The van der Waals surface area contributed by atoms with Crippen LogP contribution in [0.15, 0.2) is 18.2 Å². The van der Waals surface area contributed by atoms with Gasteiger partial charge in [0.25, 0.3) is 0 Å². The molecule has 1 atom stereocenters. The normalized spacial score (nSPS) is 14.7. The fourth-order valence-corrected chi connectivity index (χ4v) is 2.39. The van der Waals surface area contributed by atoms with Crippen molar-refractivity contribution in [3.05, 3.63) is 34.9 Å². The molecule has 18 heavy (non-hydrogen) atoms. The zero-order valence-corrected chi connectivity index (χ0v) is 12.9. The maximum absolute atomic E-state index is 6.25. The Hall–Kier alpha value is -0.860. The number of likely N-dealkylation sites (N-methyl/N-ethyl adjacent to an activating group) is 1. The third kappa shape index (κ3) is 3.33. The fourth-order valence-electron chi connectivity index (χ4n) is 2.39. The minimum atomic E-state index is -0.275. The fraction of sp³-hybridized carbons (Fsp3) is 0.625. The molecule has 3 N–H and O–H groups in total. The number of hydrogen-bond donors (Lipinski definition) is 2. The molecular formula is C16H28N2. The summed E-state index contributed by atoms with van der Waals surface area (Å²) in [4.78, 5) is 0.